The van der Waals surface area contributed by atoms with E-state index in [-0.39, 0.29) is 19.5 Å². The fourth-order valence-corrected chi connectivity index (χ4v) is 1.31. The zero-order valence-corrected chi connectivity index (χ0v) is 13.0. The van der Waals surface area contributed by atoms with Crippen molar-refractivity contribution in [2.24, 2.45) is 5.92 Å². The van der Waals surface area contributed by atoms with Crippen molar-refractivity contribution in [2.75, 3.05) is 0 Å². The van der Waals surface area contributed by atoms with Gasteiger partial charge in [-0.3, -0.25) is 0 Å². The molecule has 0 fully saturated rings. The van der Waals surface area contributed by atoms with Gasteiger partial charge in [0.05, 0.1) is 5.76 Å². The topological polar surface area (TPSA) is 20.2 Å². The van der Waals surface area contributed by atoms with Crippen LogP contribution >= 0.6 is 0 Å². The van der Waals surface area contributed by atoms with Crippen LogP contribution in [0.3, 0.4) is 0 Å². The average molecular weight is 250 g/mol. The molecule has 0 unspecified atom stereocenters. The number of hydrogen-bond acceptors (Lipinski definition) is 1. The zero-order chi connectivity index (χ0) is 10.7. The van der Waals surface area contributed by atoms with Crippen molar-refractivity contribution in [3.8, 4) is 0 Å². The van der Waals surface area contributed by atoms with Crippen molar-refractivity contribution < 1.29 is 24.6 Å². The summed E-state index contributed by atoms with van der Waals surface area (Å²) in [4.78, 5) is 0. The molecule has 0 bridgehead atoms. The Morgan fingerprint density at radius 1 is 1.36 bits per heavy atom. The molecule has 1 nitrogen and oxygen atoms in total. The van der Waals surface area contributed by atoms with Crippen LogP contribution in [0.25, 0.3) is 0 Å². The number of rotatable bonds is 1. The Labute approximate surface area is 103 Å². The first kappa shape index (κ1) is 19.7. The minimum Gasteiger partial charge on any atom is -0.513 e. The van der Waals surface area contributed by atoms with Crippen molar-refractivity contribution in [1.82, 2.24) is 0 Å². The third-order valence-electron chi connectivity index (χ3n) is 1.96. The molecule has 0 amide bonds. The predicted molar refractivity (Wildman–Crippen MR) is 60.4 cm³/mol. The van der Waals surface area contributed by atoms with E-state index in [1.807, 2.05) is 6.08 Å². The molecule has 0 saturated heterocycles. The monoisotopic (exact) mass is 248 g/mol. The number of hydrogen-bond donors (Lipinski definition) is 1. The smallest absolute Gasteiger partial charge is 0.513 e. The maximum absolute atomic E-state index is 9.07. The van der Waals surface area contributed by atoms with Gasteiger partial charge in [-0.1, -0.05) is 6.92 Å². The Kier molecular flexibility index (Phi) is 22.0. The summed E-state index contributed by atoms with van der Waals surface area (Å²) >= 11 is 0. The van der Waals surface area contributed by atoms with Gasteiger partial charge in [0.2, 0.25) is 0 Å². The second-order valence-electron chi connectivity index (χ2n) is 2.72. The summed E-state index contributed by atoms with van der Waals surface area (Å²) in [5.74, 6) is 1.26. The SMILES string of the molecule is CC[C@@H]1C=C(O)CCC1.[CH2-]C.[CH2-]C.[Zn+2]. The van der Waals surface area contributed by atoms with E-state index in [1.54, 1.807) is 13.8 Å². The summed E-state index contributed by atoms with van der Waals surface area (Å²) in [6.07, 6.45) is 6.51. The van der Waals surface area contributed by atoms with Crippen molar-refractivity contribution in [3.05, 3.63) is 25.7 Å². The van der Waals surface area contributed by atoms with E-state index in [0.717, 1.165) is 6.42 Å². The zero-order valence-electron chi connectivity index (χ0n) is 10.1. The largest absolute Gasteiger partial charge is 2.00 e. The molecule has 0 radical (unpaired) electrons. The normalized spacial score (nSPS) is 18.6. The average Bonchev–Trinajstić information content (AvgIpc) is 2.24. The van der Waals surface area contributed by atoms with Crippen LogP contribution in [-0.2, 0) is 19.5 Å². The van der Waals surface area contributed by atoms with E-state index in [1.165, 1.54) is 19.3 Å². The second-order valence-corrected chi connectivity index (χ2v) is 2.72. The Hall–Kier alpha value is 0.163. The maximum Gasteiger partial charge on any atom is 2.00 e. The fraction of sp³-hybridized carbons (Fsp3) is 0.667. The molecule has 0 spiro atoms. The van der Waals surface area contributed by atoms with Gasteiger partial charge in [-0.2, -0.15) is 13.8 Å². The molecule has 2 heteroatoms. The summed E-state index contributed by atoms with van der Waals surface area (Å²) in [7, 11) is 0. The Morgan fingerprint density at radius 2 is 1.86 bits per heavy atom. The number of allylic oxidation sites excluding steroid dienone is 2. The first-order valence-electron chi connectivity index (χ1n) is 5.14. The van der Waals surface area contributed by atoms with Gasteiger partial charge in [0.15, 0.2) is 0 Å². The Morgan fingerprint density at radius 3 is 2.14 bits per heavy atom. The van der Waals surface area contributed by atoms with Crippen LogP contribution < -0.4 is 0 Å². The van der Waals surface area contributed by atoms with E-state index in [4.69, 9.17) is 5.11 Å². The first-order chi connectivity index (χ1) is 6.33. The van der Waals surface area contributed by atoms with Gasteiger partial charge < -0.3 is 19.0 Å². The summed E-state index contributed by atoms with van der Waals surface area (Å²) < 4.78 is 0. The van der Waals surface area contributed by atoms with Gasteiger partial charge in [0.25, 0.3) is 0 Å². The quantitative estimate of drug-likeness (QED) is 0.542. The predicted octanol–water partition coefficient (Wildman–Crippen LogP) is 4.32. The molecule has 1 atom stereocenters. The molecule has 1 aliphatic rings. The molecule has 1 N–H and O–H groups in total. The second kappa shape index (κ2) is 15.6. The number of aliphatic hydroxyl groups excluding tert-OH is 1. The minimum atomic E-state index is 0. The first-order valence-corrected chi connectivity index (χ1v) is 5.14. The van der Waals surface area contributed by atoms with Gasteiger partial charge in [0.1, 0.15) is 0 Å². The molecule has 1 aliphatic carbocycles. The van der Waals surface area contributed by atoms with Gasteiger partial charge >= 0.3 is 19.5 Å². The van der Waals surface area contributed by atoms with E-state index in [9.17, 15) is 0 Å². The van der Waals surface area contributed by atoms with Crippen LogP contribution in [-0.4, -0.2) is 5.11 Å². The van der Waals surface area contributed by atoms with Gasteiger partial charge in [-0.05, 0) is 31.3 Å². The molecule has 0 aliphatic heterocycles. The number of aliphatic hydroxyl groups is 1. The van der Waals surface area contributed by atoms with Crippen LogP contribution in [0.1, 0.15) is 46.5 Å². The molecule has 0 aromatic rings. The third kappa shape index (κ3) is 10.2. The van der Waals surface area contributed by atoms with E-state index in [0.29, 0.717) is 11.7 Å². The fourth-order valence-electron chi connectivity index (χ4n) is 1.31. The van der Waals surface area contributed by atoms with Gasteiger partial charge in [-0.15, -0.1) is 0 Å². The van der Waals surface area contributed by atoms with Crippen LogP contribution in [0.5, 0.6) is 0 Å². The molecule has 1 rings (SSSR count). The molecule has 0 aromatic carbocycles. The molecule has 0 saturated carbocycles. The molecule has 14 heavy (non-hydrogen) atoms. The summed E-state index contributed by atoms with van der Waals surface area (Å²) in [5, 5.41) is 9.07. The van der Waals surface area contributed by atoms with Crippen molar-refractivity contribution >= 4 is 0 Å². The van der Waals surface area contributed by atoms with Crippen molar-refractivity contribution in [3.63, 3.8) is 0 Å². The van der Waals surface area contributed by atoms with E-state index >= 15 is 0 Å². The molecular formula is C12H24OZn. The van der Waals surface area contributed by atoms with Crippen LogP contribution in [0.15, 0.2) is 11.8 Å². The minimum absolute atomic E-state index is 0. The van der Waals surface area contributed by atoms with Crippen molar-refractivity contribution in [2.45, 2.75) is 46.5 Å². The molecule has 80 valence electrons. The standard InChI is InChI=1S/C8H14O.2C2H5.Zn/c1-2-7-4-3-5-8(9)6-7;2*1-2;/h6-7,9H,2-5H2,1H3;2*1H2,2H3;/q;2*-1;+2/t7-;;;/m0.../s1. The summed E-state index contributed by atoms with van der Waals surface area (Å²) in [5.41, 5.74) is 0. The molecule has 0 heterocycles. The maximum atomic E-state index is 9.07. The molecular weight excluding hydrogens is 226 g/mol. The Balaban J connectivity index is -0.000000216. The Bertz CT molecular complexity index is 121. The molecule has 0 aromatic heterocycles. The third-order valence-corrected chi connectivity index (χ3v) is 1.96. The van der Waals surface area contributed by atoms with Crippen LogP contribution in [0.2, 0.25) is 0 Å². The summed E-state index contributed by atoms with van der Waals surface area (Å²) in [6, 6.07) is 0. The van der Waals surface area contributed by atoms with E-state index in [2.05, 4.69) is 20.8 Å². The van der Waals surface area contributed by atoms with Crippen molar-refractivity contribution in [1.29, 1.82) is 0 Å². The summed E-state index contributed by atoms with van der Waals surface area (Å²) in [6.45, 7) is 12.2. The van der Waals surface area contributed by atoms with Crippen LogP contribution in [0, 0.1) is 19.8 Å². The van der Waals surface area contributed by atoms with Gasteiger partial charge in [0, 0.05) is 6.42 Å². The van der Waals surface area contributed by atoms with Gasteiger partial charge in [-0.25, -0.2) is 0 Å². The van der Waals surface area contributed by atoms with Crippen LogP contribution in [0.4, 0.5) is 0 Å². The van der Waals surface area contributed by atoms with E-state index < -0.39 is 0 Å².